The summed E-state index contributed by atoms with van der Waals surface area (Å²) < 4.78 is 57.0. The molecule has 2 aromatic rings. The van der Waals surface area contributed by atoms with Crippen LogP contribution in [0.3, 0.4) is 0 Å². The highest BCUT2D eigenvalue weighted by molar-refractivity contribution is 7.32. The summed E-state index contributed by atoms with van der Waals surface area (Å²) in [6.45, 7) is 0.773. The molecule has 0 fully saturated rings. The lowest BCUT2D eigenvalue weighted by Crippen LogP contribution is -2.17. The van der Waals surface area contributed by atoms with Gasteiger partial charge in [0.05, 0.1) is 6.61 Å². The molecule has 0 aromatic heterocycles. The van der Waals surface area contributed by atoms with Gasteiger partial charge in [0.15, 0.2) is 0 Å². The van der Waals surface area contributed by atoms with E-state index in [1.54, 1.807) is 12.1 Å². The number of halogens is 3. The summed E-state index contributed by atoms with van der Waals surface area (Å²) in [6, 6.07) is 9.22. The zero-order valence-electron chi connectivity index (χ0n) is 16.9. The van der Waals surface area contributed by atoms with Gasteiger partial charge in [0.25, 0.3) is 0 Å². The lowest BCUT2D eigenvalue weighted by Gasteiger charge is -2.10. The van der Waals surface area contributed by atoms with Crippen molar-refractivity contribution in [2.75, 3.05) is 13.2 Å². The topological polar surface area (TPSA) is 58.6 Å². The van der Waals surface area contributed by atoms with Crippen molar-refractivity contribution in [3.63, 3.8) is 0 Å². The van der Waals surface area contributed by atoms with Gasteiger partial charge in [0, 0.05) is 12.1 Å². The average Bonchev–Trinajstić information content (AvgIpc) is 2.71. The second kappa shape index (κ2) is 13.6. The number of hydrogen-bond acceptors (Lipinski definition) is 3. The fourth-order valence-electron chi connectivity index (χ4n) is 3.22. The average molecular weight is 443 g/mol. The number of rotatable bonds is 14. The molecular weight excluding hydrogens is 414 g/mol. The fraction of sp³-hybridized carbons (Fsp3) is 0.455. The first-order valence-corrected chi connectivity index (χ1v) is 11.5. The smallest absolute Gasteiger partial charge is 0.316 e. The van der Waals surface area contributed by atoms with Gasteiger partial charge in [-0.1, -0.05) is 31.0 Å². The van der Waals surface area contributed by atoms with Gasteiger partial charge >= 0.3 is 8.25 Å². The summed E-state index contributed by atoms with van der Waals surface area (Å²) in [5.74, 6) is -1.04. The minimum absolute atomic E-state index is 0.136. The van der Waals surface area contributed by atoms with Gasteiger partial charge in [-0.25, -0.2) is 13.2 Å². The molecule has 0 spiro atoms. The number of hydrogen-bond donors (Lipinski definition) is 2. The maximum atomic E-state index is 14.3. The van der Waals surface area contributed by atoms with E-state index in [1.165, 1.54) is 18.2 Å². The van der Waals surface area contributed by atoms with Crippen molar-refractivity contribution in [1.29, 1.82) is 0 Å². The van der Waals surface area contributed by atoms with Crippen LogP contribution in [0.5, 0.6) is 0 Å². The third-order valence-electron chi connectivity index (χ3n) is 4.85. The van der Waals surface area contributed by atoms with Crippen LogP contribution < -0.4 is 5.32 Å². The summed E-state index contributed by atoms with van der Waals surface area (Å²) in [6.07, 6.45) is 5.05. The van der Waals surface area contributed by atoms with Gasteiger partial charge in [-0.05, 0) is 68.0 Å². The Morgan fingerprint density at radius 3 is 2.17 bits per heavy atom. The van der Waals surface area contributed by atoms with E-state index in [4.69, 9.17) is 4.89 Å². The normalized spacial score (nSPS) is 12.3. The molecule has 2 aromatic carbocycles. The highest BCUT2D eigenvalue weighted by Crippen LogP contribution is 2.19. The van der Waals surface area contributed by atoms with Crippen LogP contribution in [-0.4, -0.2) is 18.0 Å². The monoisotopic (exact) mass is 443 g/mol. The van der Waals surface area contributed by atoms with Crippen LogP contribution >= 0.6 is 8.25 Å². The van der Waals surface area contributed by atoms with Crippen molar-refractivity contribution >= 4 is 8.25 Å². The molecule has 2 rings (SSSR count). The Hall–Kier alpha value is -1.66. The molecule has 0 amide bonds. The molecular formula is C22H29F3NO3P. The maximum Gasteiger partial charge on any atom is 0.316 e. The van der Waals surface area contributed by atoms with Crippen molar-refractivity contribution in [2.24, 2.45) is 0 Å². The van der Waals surface area contributed by atoms with E-state index < -0.39 is 19.9 Å². The van der Waals surface area contributed by atoms with Crippen LogP contribution in [0.2, 0.25) is 0 Å². The molecule has 0 aliphatic rings. The van der Waals surface area contributed by atoms with Crippen LogP contribution in [0.25, 0.3) is 0 Å². The van der Waals surface area contributed by atoms with Crippen LogP contribution in [0.1, 0.15) is 48.8 Å². The van der Waals surface area contributed by atoms with Crippen molar-refractivity contribution in [3.8, 4) is 0 Å². The Labute approximate surface area is 176 Å². The van der Waals surface area contributed by atoms with Gasteiger partial charge in [0.2, 0.25) is 0 Å². The molecule has 0 radical (unpaired) electrons. The summed E-state index contributed by atoms with van der Waals surface area (Å²) in [4.78, 5) is 8.54. The first-order valence-electron chi connectivity index (χ1n) is 10.2. The molecule has 1 unspecified atom stereocenters. The first kappa shape index (κ1) is 24.6. The summed E-state index contributed by atoms with van der Waals surface area (Å²) in [5, 5.41) is 2.96. The lowest BCUT2D eigenvalue weighted by molar-refractivity contribution is 0.276. The molecule has 4 nitrogen and oxygen atoms in total. The second-order valence-corrected chi connectivity index (χ2v) is 8.01. The molecule has 0 aliphatic carbocycles. The molecule has 0 aliphatic heterocycles. The molecule has 0 saturated heterocycles. The third kappa shape index (κ3) is 9.00. The van der Waals surface area contributed by atoms with Crippen LogP contribution in [-0.2, 0) is 28.5 Å². The summed E-state index contributed by atoms with van der Waals surface area (Å²) in [5.41, 5.74) is 1.33. The van der Waals surface area contributed by atoms with Gasteiger partial charge in [-0.3, -0.25) is 4.57 Å². The number of unbranched alkanes of at least 4 members (excludes halogenated alkanes) is 3. The van der Waals surface area contributed by atoms with E-state index in [-0.39, 0.29) is 24.5 Å². The molecule has 0 heterocycles. The summed E-state index contributed by atoms with van der Waals surface area (Å²) >= 11 is 0. The highest BCUT2D eigenvalue weighted by atomic mass is 31.1. The first-order chi connectivity index (χ1) is 14.5. The fourth-order valence-corrected chi connectivity index (χ4v) is 3.54. The Kier molecular flexibility index (Phi) is 11.2. The predicted octanol–water partition coefficient (Wildman–Crippen LogP) is 5.33. The molecule has 1 atom stereocenters. The van der Waals surface area contributed by atoms with Crippen molar-refractivity contribution in [1.82, 2.24) is 5.32 Å². The molecule has 8 heteroatoms. The van der Waals surface area contributed by atoms with E-state index in [1.807, 2.05) is 6.07 Å². The number of nitrogens with one attached hydrogen (secondary N) is 1. The largest absolute Gasteiger partial charge is 0.326 e. The SMILES string of the molecule is O=[PH](O)OCCCNCc1cc(F)c(CCCCCCc2ccccc2F)cc1F. The van der Waals surface area contributed by atoms with Crippen molar-refractivity contribution < 1.29 is 27.2 Å². The van der Waals surface area contributed by atoms with Crippen LogP contribution in [0.4, 0.5) is 13.2 Å². The van der Waals surface area contributed by atoms with E-state index in [9.17, 15) is 17.7 Å². The van der Waals surface area contributed by atoms with Gasteiger partial charge < -0.3 is 14.7 Å². The number of benzene rings is 2. The Bertz CT molecular complexity index is 820. The standard InChI is InChI=1S/C22H29F3NO3P/c23-20-11-6-5-9-17(20)8-3-1-2-4-10-18-14-22(25)19(15-21(18)24)16-26-12-7-13-29-30(27)28/h5-6,9,11,14-15,26,30H,1-4,7-8,10,12-13,16H2,(H,27,28). The molecule has 2 N–H and O–H groups in total. The van der Waals surface area contributed by atoms with Gasteiger partial charge in [-0.15, -0.1) is 0 Å². The van der Waals surface area contributed by atoms with Crippen LogP contribution in [0.15, 0.2) is 36.4 Å². The molecule has 30 heavy (non-hydrogen) atoms. The lowest BCUT2D eigenvalue weighted by atomic mass is 10.0. The molecule has 0 bridgehead atoms. The van der Waals surface area contributed by atoms with Crippen molar-refractivity contribution in [2.45, 2.75) is 51.5 Å². The van der Waals surface area contributed by atoms with E-state index >= 15 is 0 Å². The number of aryl methyl sites for hydroxylation is 2. The molecule has 166 valence electrons. The maximum absolute atomic E-state index is 14.3. The Balaban J connectivity index is 1.66. The van der Waals surface area contributed by atoms with Crippen molar-refractivity contribution in [3.05, 3.63) is 70.5 Å². The van der Waals surface area contributed by atoms with E-state index in [0.717, 1.165) is 25.7 Å². The van der Waals surface area contributed by atoms with Gasteiger partial charge in [-0.2, -0.15) is 0 Å². The second-order valence-electron chi connectivity index (χ2n) is 7.19. The predicted molar refractivity (Wildman–Crippen MR) is 112 cm³/mol. The molecule has 0 saturated carbocycles. The van der Waals surface area contributed by atoms with E-state index in [0.29, 0.717) is 36.9 Å². The summed E-state index contributed by atoms with van der Waals surface area (Å²) in [7, 11) is -2.92. The Morgan fingerprint density at radius 1 is 0.833 bits per heavy atom. The Morgan fingerprint density at radius 2 is 1.47 bits per heavy atom. The zero-order valence-corrected chi connectivity index (χ0v) is 17.9. The van der Waals surface area contributed by atoms with E-state index in [2.05, 4.69) is 9.84 Å². The van der Waals surface area contributed by atoms with Gasteiger partial charge in [0.1, 0.15) is 17.5 Å². The highest BCUT2D eigenvalue weighted by Gasteiger charge is 2.10. The quantitative estimate of drug-likeness (QED) is 0.306. The van der Waals surface area contributed by atoms with Crippen LogP contribution in [0, 0.1) is 17.5 Å². The third-order valence-corrected chi connectivity index (χ3v) is 5.31. The minimum Gasteiger partial charge on any atom is -0.326 e. The zero-order chi connectivity index (χ0) is 21.8. The minimum atomic E-state index is -2.92.